The standard InChI is InChI=1S/C31H35N3O2/c1-22-8-10-23(11-9-22)14-17-32-30(24-6-4-3-5-7-24)31(35)28-21-33-29-20-26(12-13-27(28)29)36-25-15-18-34(2)19-16-25/h3-13,20-21,25,30,32-33H,14-19H2,1-2H3/t30-/m1/s1. The molecule has 0 saturated carbocycles. The van der Waals surface area contributed by atoms with Crippen LogP contribution in [0.15, 0.2) is 79.0 Å². The van der Waals surface area contributed by atoms with Gasteiger partial charge in [-0.25, -0.2) is 0 Å². The third kappa shape index (κ3) is 5.69. The summed E-state index contributed by atoms with van der Waals surface area (Å²) >= 11 is 0. The lowest BCUT2D eigenvalue weighted by Crippen LogP contribution is -2.35. The van der Waals surface area contributed by atoms with Crippen molar-refractivity contribution in [3.8, 4) is 5.75 Å². The minimum atomic E-state index is -0.411. The van der Waals surface area contributed by atoms with Crippen molar-refractivity contribution in [3.63, 3.8) is 0 Å². The van der Waals surface area contributed by atoms with E-state index in [0.29, 0.717) is 12.1 Å². The molecule has 5 rings (SSSR count). The summed E-state index contributed by atoms with van der Waals surface area (Å²) in [6.45, 7) is 4.93. The Hall–Kier alpha value is -3.41. The molecule has 1 aromatic heterocycles. The minimum Gasteiger partial charge on any atom is -0.490 e. The molecule has 0 aliphatic carbocycles. The molecule has 4 aromatic rings. The van der Waals surface area contributed by atoms with Gasteiger partial charge in [-0.2, -0.15) is 0 Å². The number of benzene rings is 3. The van der Waals surface area contributed by atoms with Crippen molar-refractivity contribution in [1.29, 1.82) is 0 Å². The highest BCUT2D eigenvalue weighted by atomic mass is 16.5. The van der Waals surface area contributed by atoms with Crippen LogP contribution in [0.5, 0.6) is 5.75 Å². The molecule has 3 aromatic carbocycles. The third-order valence-electron chi connectivity index (χ3n) is 7.16. The van der Waals surface area contributed by atoms with Gasteiger partial charge in [0, 0.05) is 48.4 Å². The Morgan fingerprint density at radius 1 is 1.06 bits per heavy atom. The highest BCUT2D eigenvalue weighted by Gasteiger charge is 2.24. The van der Waals surface area contributed by atoms with Crippen molar-refractivity contribution in [3.05, 3.63) is 101 Å². The van der Waals surface area contributed by atoms with E-state index in [1.807, 2.05) is 54.7 Å². The Kier molecular flexibility index (Phi) is 7.49. The molecule has 0 bridgehead atoms. The number of hydrogen-bond donors (Lipinski definition) is 2. The molecule has 1 aliphatic rings. The fourth-order valence-electron chi connectivity index (χ4n) is 4.96. The summed E-state index contributed by atoms with van der Waals surface area (Å²) in [5, 5.41) is 4.46. The number of Topliss-reactive ketones (excluding diaryl/α,β-unsaturated/α-hetero) is 1. The molecule has 1 aliphatic heterocycles. The van der Waals surface area contributed by atoms with E-state index in [4.69, 9.17) is 4.74 Å². The molecule has 0 unspecified atom stereocenters. The van der Waals surface area contributed by atoms with Crippen LogP contribution in [-0.4, -0.2) is 48.5 Å². The number of nitrogens with zero attached hydrogens (tertiary/aromatic N) is 1. The van der Waals surface area contributed by atoms with Gasteiger partial charge in [0.25, 0.3) is 0 Å². The maximum Gasteiger partial charge on any atom is 0.186 e. The van der Waals surface area contributed by atoms with E-state index in [2.05, 4.69) is 53.4 Å². The summed E-state index contributed by atoms with van der Waals surface area (Å²) in [7, 11) is 2.15. The van der Waals surface area contributed by atoms with E-state index < -0.39 is 6.04 Å². The highest BCUT2D eigenvalue weighted by molar-refractivity contribution is 6.10. The lowest BCUT2D eigenvalue weighted by atomic mass is 9.96. The normalized spacial score (nSPS) is 15.7. The van der Waals surface area contributed by atoms with Crippen molar-refractivity contribution in [2.24, 2.45) is 0 Å². The lowest BCUT2D eigenvalue weighted by Gasteiger charge is -2.29. The van der Waals surface area contributed by atoms with E-state index in [1.165, 1.54) is 11.1 Å². The van der Waals surface area contributed by atoms with Crippen LogP contribution < -0.4 is 10.1 Å². The number of aromatic amines is 1. The Labute approximate surface area is 213 Å². The van der Waals surface area contributed by atoms with E-state index in [9.17, 15) is 4.79 Å². The first-order valence-electron chi connectivity index (χ1n) is 12.9. The van der Waals surface area contributed by atoms with Crippen LogP contribution in [0.1, 0.15) is 45.9 Å². The van der Waals surface area contributed by atoms with Crippen LogP contribution in [0.3, 0.4) is 0 Å². The first-order valence-corrected chi connectivity index (χ1v) is 12.9. The molecule has 2 N–H and O–H groups in total. The SMILES string of the molecule is Cc1ccc(CCN[C@@H](C(=O)c2c[nH]c3cc(OC4CCN(C)CC4)ccc23)c2ccccc2)cc1. The molecule has 186 valence electrons. The number of aromatic nitrogens is 1. The van der Waals surface area contributed by atoms with Crippen LogP contribution in [0.2, 0.25) is 0 Å². The maximum atomic E-state index is 13.8. The zero-order valence-electron chi connectivity index (χ0n) is 21.2. The minimum absolute atomic E-state index is 0.0698. The number of hydrogen-bond acceptors (Lipinski definition) is 4. The molecular weight excluding hydrogens is 446 g/mol. The molecule has 1 saturated heterocycles. The topological polar surface area (TPSA) is 57.4 Å². The molecule has 1 fully saturated rings. The lowest BCUT2D eigenvalue weighted by molar-refractivity contribution is 0.0945. The van der Waals surface area contributed by atoms with Crippen molar-refractivity contribution >= 4 is 16.7 Å². The predicted molar refractivity (Wildman–Crippen MR) is 146 cm³/mol. The van der Waals surface area contributed by atoms with Gasteiger partial charge in [-0.15, -0.1) is 0 Å². The number of H-pyrrole nitrogens is 1. The molecule has 0 radical (unpaired) electrons. The van der Waals surface area contributed by atoms with E-state index in [-0.39, 0.29) is 11.9 Å². The molecular formula is C31H35N3O2. The molecule has 2 heterocycles. The summed E-state index contributed by atoms with van der Waals surface area (Å²) in [4.78, 5) is 19.5. The number of carbonyl (C=O) groups is 1. The van der Waals surface area contributed by atoms with Gasteiger partial charge in [0.15, 0.2) is 5.78 Å². The number of likely N-dealkylation sites (tertiary alicyclic amines) is 1. The number of ketones is 1. The number of carbonyl (C=O) groups excluding carboxylic acids is 1. The fraction of sp³-hybridized carbons (Fsp3) is 0.323. The summed E-state index contributed by atoms with van der Waals surface area (Å²) < 4.78 is 6.26. The van der Waals surface area contributed by atoms with Crippen molar-refractivity contribution < 1.29 is 9.53 Å². The van der Waals surface area contributed by atoms with Gasteiger partial charge < -0.3 is 19.9 Å². The van der Waals surface area contributed by atoms with Crippen LogP contribution in [0, 0.1) is 6.92 Å². The van der Waals surface area contributed by atoms with E-state index in [1.54, 1.807) is 0 Å². The first-order chi connectivity index (χ1) is 17.6. The largest absolute Gasteiger partial charge is 0.490 e. The van der Waals surface area contributed by atoms with Crippen LogP contribution in [0.25, 0.3) is 10.9 Å². The number of aryl methyl sites for hydroxylation is 1. The summed E-state index contributed by atoms with van der Waals surface area (Å²) in [6.07, 6.45) is 5.02. The molecule has 0 amide bonds. The maximum absolute atomic E-state index is 13.8. The number of nitrogens with one attached hydrogen (secondary N) is 2. The van der Waals surface area contributed by atoms with Gasteiger partial charge in [-0.05, 0) is 56.5 Å². The second kappa shape index (κ2) is 11.1. The molecule has 36 heavy (non-hydrogen) atoms. The smallest absolute Gasteiger partial charge is 0.186 e. The number of piperidine rings is 1. The van der Waals surface area contributed by atoms with Crippen molar-refractivity contribution in [2.75, 3.05) is 26.7 Å². The number of fused-ring (bicyclic) bond motifs is 1. The first kappa shape index (κ1) is 24.3. The second-order valence-corrected chi connectivity index (χ2v) is 9.93. The zero-order chi connectivity index (χ0) is 24.9. The van der Waals surface area contributed by atoms with Crippen LogP contribution in [-0.2, 0) is 6.42 Å². The summed E-state index contributed by atoms with van der Waals surface area (Å²) in [5.74, 6) is 0.925. The van der Waals surface area contributed by atoms with Gasteiger partial charge in [-0.1, -0.05) is 60.2 Å². The average molecular weight is 482 g/mol. The Bertz CT molecular complexity index is 1290. The van der Waals surface area contributed by atoms with Gasteiger partial charge >= 0.3 is 0 Å². The monoisotopic (exact) mass is 481 g/mol. The van der Waals surface area contributed by atoms with Crippen molar-refractivity contribution in [2.45, 2.75) is 38.3 Å². The van der Waals surface area contributed by atoms with Gasteiger partial charge in [-0.3, -0.25) is 4.79 Å². The van der Waals surface area contributed by atoms with E-state index in [0.717, 1.165) is 54.6 Å². The van der Waals surface area contributed by atoms with Gasteiger partial charge in [0.1, 0.15) is 11.9 Å². The third-order valence-corrected chi connectivity index (χ3v) is 7.16. The summed E-state index contributed by atoms with van der Waals surface area (Å²) in [5.41, 5.74) is 5.12. The fourth-order valence-corrected chi connectivity index (χ4v) is 4.96. The van der Waals surface area contributed by atoms with Crippen LogP contribution in [0.4, 0.5) is 0 Å². The Morgan fingerprint density at radius 3 is 2.56 bits per heavy atom. The average Bonchev–Trinajstić information content (AvgIpc) is 3.32. The second-order valence-electron chi connectivity index (χ2n) is 9.93. The highest BCUT2D eigenvalue weighted by Crippen LogP contribution is 2.29. The molecule has 5 heteroatoms. The summed E-state index contributed by atoms with van der Waals surface area (Å²) in [6, 6.07) is 24.2. The predicted octanol–water partition coefficient (Wildman–Crippen LogP) is 5.71. The Balaban J connectivity index is 1.32. The number of ether oxygens (including phenoxy) is 1. The van der Waals surface area contributed by atoms with E-state index >= 15 is 0 Å². The molecule has 1 atom stereocenters. The molecule has 5 nitrogen and oxygen atoms in total. The Morgan fingerprint density at radius 2 is 1.81 bits per heavy atom. The van der Waals surface area contributed by atoms with Gasteiger partial charge in [0.2, 0.25) is 0 Å². The van der Waals surface area contributed by atoms with Gasteiger partial charge in [0.05, 0.1) is 6.04 Å². The molecule has 0 spiro atoms. The quantitative estimate of drug-likeness (QED) is 0.301. The van der Waals surface area contributed by atoms with Crippen molar-refractivity contribution in [1.82, 2.24) is 15.2 Å². The number of rotatable bonds is 9. The van der Waals surface area contributed by atoms with Crippen LogP contribution >= 0.6 is 0 Å². The zero-order valence-corrected chi connectivity index (χ0v) is 21.2.